The summed E-state index contributed by atoms with van der Waals surface area (Å²) in [7, 11) is 2.60. The predicted molar refractivity (Wildman–Crippen MR) is 175 cm³/mol. The van der Waals surface area contributed by atoms with E-state index in [4.69, 9.17) is 4.74 Å². The van der Waals surface area contributed by atoms with Crippen LogP contribution in [0.15, 0.2) is 23.6 Å². The number of fused-ring (bicyclic) bond motifs is 5. The summed E-state index contributed by atoms with van der Waals surface area (Å²) in [5, 5.41) is 21.4. The second-order valence-electron chi connectivity index (χ2n) is 13.6. The molecule has 0 aromatic heterocycles. The third-order valence-corrected chi connectivity index (χ3v) is 11.9. The molecule has 2 radical (unpaired) electrons. The first-order chi connectivity index (χ1) is 21.9. The first-order valence-electron chi connectivity index (χ1n) is 16.4. The minimum atomic E-state index is -4.53. The molecule has 3 aliphatic carbocycles. The average Bonchev–Trinajstić information content (AvgIpc) is 3.33. The van der Waals surface area contributed by atoms with Gasteiger partial charge in [0.1, 0.15) is 11.5 Å². The van der Waals surface area contributed by atoms with Gasteiger partial charge < -0.3 is 20.3 Å². The van der Waals surface area contributed by atoms with Crippen LogP contribution in [-0.4, -0.2) is 70.4 Å². The van der Waals surface area contributed by atoms with E-state index >= 15 is 0 Å². The molecular weight excluding hydrogens is 637 g/mol. The van der Waals surface area contributed by atoms with Crippen molar-refractivity contribution in [2.45, 2.75) is 115 Å². The van der Waals surface area contributed by atoms with Crippen LogP contribution in [0.3, 0.4) is 0 Å². The Hall–Kier alpha value is -2.25. The first-order valence-corrected chi connectivity index (χ1v) is 17.7. The molecule has 3 N–H and O–H groups in total. The summed E-state index contributed by atoms with van der Waals surface area (Å²) in [6.07, 6.45) is 4.96. The number of rotatable bonds is 12. The average molecular weight is 686 g/mol. The molecule has 1 aromatic carbocycles. The second kappa shape index (κ2) is 15.5. The van der Waals surface area contributed by atoms with Gasteiger partial charge in [0.2, 0.25) is 0 Å². The van der Waals surface area contributed by atoms with Crippen LogP contribution in [0.1, 0.15) is 102 Å². The number of aliphatic hydroxyl groups is 2. The number of aryl methyl sites for hydroxylation is 2. The van der Waals surface area contributed by atoms with Crippen molar-refractivity contribution in [2.24, 2.45) is 17.3 Å². The highest BCUT2D eigenvalue weighted by Gasteiger charge is 2.54. The Kier molecular flexibility index (Phi) is 13.0. The number of nitrogens with one attached hydrogen (secondary N) is 1. The van der Waals surface area contributed by atoms with Crippen LogP contribution in [0.4, 0.5) is 22.4 Å². The topological polar surface area (TPSA) is 113 Å². The Labute approximate surface area is 279 Å². The van der Waals surface area contributed by atoms with Crippen LogP contribution in [0.25, 0.3) is 0 Å². The number of ether oxygens (including phenoxy) is 1. The summed E-state index contributed by atoms with van der Waals surface area (Å²) in [4.78, 5) is 25.4. The third kappa shape index (κ3) is 8.87. The Bertz CT molecular complexity index is 1330. The quantitative estimate of drug-likeness (QED) is 0.175. The van der Waals surface area contributed by atoms with Gasteiger partial charge in [0.25, 0.3) is 11.7 Å². The molecule has 0 saturated heterocycles. The maximum absolute atomic E-state index is 12.7. The first kappa shape index (κ1) is 39.2. The Balaban J connectivity index is 0.000000320. The SMILES string of the molecule is CCc1cc2c(cc1OC(=O)NC(C)(CO)CO)CCC1C2CCC2(C)C(=O)CCC12.[B]C(F)(F)C(F)(F)CCCS(=O)C(=C)CC. The number of aliphatic hydroxyl groups excluding tert-OH is 2. The standard InChI is InChI=1S/C25H35NO5.C9H13BF4OS/c1-4-15-11-19-16(12-21(15)31-23(30)26-24(2,13-27)14-28)5-6-18-17(19)9-10-25(3)20(18)7-8-22(25)29;1-3-7(2)16(15)6-4-5-8(11,12)9(10,13)14/h11-12,17-18,20,27-28H,4-10,13-14H2,1-3H3,(H,26,30);2-6H2,1H3. The highest BCUT2D eigenvalue weighted by atomic mass is 32.2. The number of ketones is 1. The van der Waals surface area contributed by atoms with Crippen molar-refractivity contribution in [1.29, 1.82) is 0 Å². The van der Waals surface area contributed by atoms with Gasteiger partial charge >= 0.3 is 6.09 Å². The van der Waals surface area contributed by atoms with Crippen LogP contribution in [0, 0.1) is 17.3 Å². The van der Waals surface area contributed by atoms with Gasteiger partial charge in [-0.2, -0.15) is 0 Å². The molecule has 262 valence electrons. The highest BCUT2D eigenvalue weighted by molar-refractivity contribution is 7.88. The van der Waals surface area contributed by atoms with E-state index in [1.165, 1.54) is 11.1 Å². The lowest BCUT2D eigenvalue weighted by molar-refractivity contribution is -0.161. The molecule has 5 atom stereocenters. The van der Waals surface area contributed by atoms with E-state index in [1.807, 2.05) is 13.0 Å². The van der Waals surface area contributed by atoms with Crippen molar-refractivity contribution >= 4 is 30.5 Å². The maximum atomic E-state index is 12.7. The molecule has 4 rings (SSSR count). The van der Waals surface area contributed by atoms with Crippen molar-refractivity contribution in [3.05, 3.63) is 40.3 Å². The minimum Gasteiger partial charge on any atom is -0.410 e. The van der Waals surface area contributed by atoms with Gasteiger partial charge in [0.05, 0.1) is 18.8 Å². The molecular formula is C34H48BF4NO6S. The zero-order valence-electron chi connectivity index (χ0n) is 27.8. The van der Waals surface area contributed by atoms with Crippen molar-refractivity contribution < 1.29 is 46.3 Å². The monoisotopic (exact) mass is 685 g/mol. The van der Waals surface area contributed by atoms with Crippen molar-refractivity contribution in [1.82, 2.24) is 5.32 Å². The Morgan fingerprint density at radius 2 is 1.81 bits per heavy atom. The lowest BCUT2D eigenvalue weighted by Gasteiger charge is -2.48. The van der Waals surface area contributed by atoms with Gasteiger partial charge in [-0.1, -0.05) is 33.4 Å². The Morgan fingerprint density at radius 1 is 1.15 bits per heavy atom. The number of halogens is 4. The molecule has 5 unspecified atom stereocenters. The number of hydrogen-bond donors (Lipinski definition) is 3. The summed E-state index contributed by atoms with van der Waals surface area (Å²) in [6.45, 7) is 10.2. The predicted octanol–water partition coefficient (Wildman–Crippen LogP) is 6.34. The number of allylic oxidation sites excluding steroid dienone is 1. The van der Waals surface area contributed by atoms with Crippen molar-refractivity contribution in [3.63, 3.8) is 0 Å². The fourth-order valence-corrected chi connectivity index (χ4v) is 8.20. The smallest absolute Gasteiger partial charge is 0.410 e. The molecule has 1 aromatic rings. The van der Waals surface area contributed by atoms with E-state index in [1.54, 1.807) is 13.8 Å². The molecule has 0 aliphatic heterocycles. The fraction of sp³-hybridized carbons (Fsp3) is 0.706. The second-order valence-corrected chi connectivity index (χ2v) is 15.3. The number of amides is 1. The highest BCUT2D eigenvalue weighted by Crippen LogP contribution is 2.59. The lowest BCUT2D eigenvalue weighted by atomic mass is 9.55. The van der Waals surface area contributed by atoms with Crippen LogP contribution in [0.5, 0.6) is 5.75 Å². The van der Waals surface area contributed by atoms with Crippen LogP contribution < -0.4 is 10.1 Å². The number of carbonyl (C=O) groups is 2. The molecule has 3 aliphatic rings. The van der Waals surface area contributed by atoms with Gasteiger partial charge in [-0.15, -0.1) is 0 Å². The van der Waals surface area contributed by atoms with Crippen molar-refractivity contribution in [3.8, 4) is 5.75 Å². The van der Waals surface area contributed by atoms with Crippen LogP contribution in [-0.2, 0) is 28.4 Å². The third-order valence-electron chi connectivity index (χ3n) is 10.3. The van der Waals surface area contributed by atoms with E-state index in [0.29, 0.717) is 40.6 Å². The van der Waals surface area contributed by atoms with Crippen LogP contribution >= 0.6 is 0 Å². The van der Waals surface area contributed by atoms with Crippen molar-refractivity contribution in [2.75, 3.05) is 19.0 Å². The largest absolute Gasteiger partial charge is 0.413 e. The molecule has 2 fully saturated rings. The molecule has 0 bridgehead atoms. The fourth-order valence-electron chi connectivity index (χ4n) is 7.19. The van der Waals surface area contributed by atoms with Gasteiger partial charge in [0.15, 0.2) is 7.85 Å². The molecule has 7 nitrogen and oxygen atoms in total. The number of carbonyl (C=O) groups excluding carboxylic acids is 2. The summed E-state index contributed by atoms with van der Waals surface area (Å²) in [5.74, 6) is -6.34. The number of hydrogen-bond acceptors (Lipinski definition) is 6. The van der Waals surface area contributed by atoms with Crippen LogP contribution in [0.2, 0.25) is 0 Å². The molecule has 1 amide bonds. The number of benzene rings is 1. The lowest BCUT2D eigenvalue weighted by Crippen LogP contribution is -2.52. The Morgan fingerprint density at radius 3 is 2.38 bits per heavy atom. The summed E-state index contributed by atoms with van der Waals surface area (Å²) in [5.41, 5.74) is 2.34. The van der Waals surface area contributed by atoms with Gasteiger partial charge in [-0.3, -0.25) is 9.00 Å². The zero-order valence-corrected chi connectivity index (χ0v) is 28.6. The van der Waals surface area contributed by atoms with Gasteiger partial charge in [-0.05, 0) is 98.8 Å². The summed E-state index contributed by atoms with van der Waals surface area (Å²) < 4.78 is 66.6. The van der Waals surface area contributed by atoms with E-state index < -0.39 is 40.6 Å². The van der Waals surface area contributed by atoms with E-state index in [2.05, 4.69) is 32.7 Å². The number of Topliss-reactive ketones (excluding diaryl/α,β-unsaturated/α-hetero) is 1. The summed E-state index contributed by atoms with van der Waals surface area (Å²) >= 11 is 0. The van der Waals surface area contributed by atoms with E-state index in [0.717, 1.165) is 50.5 Å². The van der Waals surface area contributed by atoms with E-state index in [9.17, 15) is 41.6 Å². The minimum absolute atomic E-state index is 0.0989. The molecule has 0 heterocycles. The van der Waals surface area contributed by atoms with E-state index in [-0.39, 0.29) is 30.8 Å². The van der Waals surface area contributed by atoms with Gasteiger partial charge in [0, 0.05) is 39.7 Å². The van der Waals surface area contributed by atoms with Gasteiger partial charge in [-0.25, -0.2) is 22.4 Å². The number of alkyl halides is 4. The summed E-state index contributed by atoms with van der Waals surface area (Å²) in [6, 6.07) is 4.22. The zero-order chi connectivity index (χ0) is 35.4. The normalized spacial score (nSPS) is 24.6. The molecule has 13 heteroatoms. The maximum Gasteiger partial charge on any atom is 0.413 e. The molecule has 2 saturated carbocycles. The molecule has 47 heavy (non-hydrogen) atoms. The molecule has 0 spiro atoms.